The predicted octanol–water partition coefficient (Wildman–Crippen LogP) is 3.81. The molecule has 5 rings (SSSR count). The Morgan fingerprint density at radius 1 is 1.03 bits per heavy atom. The molecule has 0 aromatic heterocycles. The van der Waals surface area contributed by atoms with E-state index in [1.165, 1.54) is 0 Å². The fourth-order valence-corrected chi connectivity index (χ4v) is 9.91. The van der Waals surface area contributed by atoms with Crippen molar-refractivity contribution in [2.45, 2.75) is 88.7 Å². The second-order valence-corrected chi connectivity index (χ2v) is 14.0. The Balaban J connectivity index is 1.43. The molecule has 7 heteroatoms. The van der Waals surface area contributed by atoms with Gasteiger partial charge in [-0.25, -0.2) is 0 Å². The van der Waals surface area contributed by atoms with E-state index in [2.05, 4.69) is 6.92 Å². The second-order valence-electron chi connectivity index (χ2n) is 12.4. The van der Waals surface area contributed by atoms with Gasteiger partial charge in [-0.05, 0) is 99.0 Å². The van der Waals surface area contributed by atoms with Crippen LogP contribution in [0.4, 0.5) is 0 Å². The van der Waals surface area contributed by atoms with Crippen molar-refractivity contribution >= 4 is 10.1 Å². The molecule has 8 atom stereocenters. The smallest absolute Gasteiger partial charge is 0.296 e. The van der Waals surface area contributed by atoms with Crippen LogP contribution in [0.5, 0.6) is 0 Å². The maximum atomic E-state index is 13.0. The van der Waals surface area contributed by atoms with Crippen molar-refractivity contribution in [3.05, 3.63) is 29.8 Å². The van der Waals surface area contributed by atoms with E-state index < -0.39 is 27.2 Å². The fourth-order valence-electron chi connectivity index (χ4n) is 8.89. The first-order chi connectivity index (χ1) is 15.9. The second kappa shape index (κ2) is 8.01. The predicted molar refractivity (Wildman–Crippen MR) is 128 cm³/mol. The summed E-state index contributed by atoms with van der Waals surface area (Å²) in [4.78, 5) is 0.145. The standard InChI is InChI=1S/C27H40O6S/c1-18-4-7-21(8-5-18)34(31,32)33-17-24(2)22-9-6-19-14-20-15-26(19,12-13-27(20,30)16-28)25(22,3)11-10-23(24)29/h4-5,7-8,19-20,22-23,28-30H,6,9-17H2,1-3H3/t19-,20+,22-,23+,24-,25-,26-,27-/m0/s1. The molecule has 0 unspecified atom stereocenters. The normalized spacial score (nSPS) is 46.1. The Bertz CT molecular complexity index is 1040. The minimum Gasteiger partial charge on any atom is -0.393 e. The van der Waals surface area contributed by atoms with Crippen LogP contribution in [0.15, 0.2) is 29.2 Å². The molecule has 2 bridgehead atoms. The molecule has 0 amide bonds. The summed E-state index contributed by atoms with van der Waals surface area (Å²) in [6, 6.07) is 6.67. The zero-order valence-electron chi connectivity index (χ0n) is 20.7. The van der Waals surface area contributed by atoms with E-state index in [0.717, 1.165) is 44.1 Å². The molecular formula is C27H40O6S. The van der Waals surface area contributed by atoms with Gasteiger partial charge in [-0.15, -0.1) is 0 Å². The summed E-state index contributed by atoms with van der Waals surface area (Å²) in [6.07, 6.45) is 6.22. The zero-order chi connectivity index (χ0) is 24.6. The van der Waals surface area contributed by atoms with Gasteiger partial charge >= 0.3 is 0 Å². The Morgan fingerprint density at radius 3 is 2.41 bits per heavy atom. The third-order valence-corrected chi connectivity index (χ3v) is 12.3. The fraction of sp³-hybridized carbons (Fsp3) is 0.778. The SMILES string of the molecule is Cc1ccc(S(=O)(=O)OC[C@]2(C)[C@H](O)CC[C@@]3(C)[C@H]2CC[C@H]2C[C@@H]4C[C@@]23CC[C@]4(O)CO)cc1. The van der Waals surface area contributed by atoms with Crippen LogP contribution in [0, 0.1) is 40.9 Å². The van der Waals surface area contributed by atoms with Crippen molar-refractivity contribution in [1.82, 2.24) is 0 Å². The quantitative estimate of drug-likeness (QED) is 0.540. The highest BCUT2D eigenvalue weighted by Gasteiger charge is 2.70. The van der Waals surface area contributed by atoms with Crippen LogP contribution in [0.3, 0.4) is 0 Å². The number of aliphatic hydroxyl groups excluding tert-OH is 2. The molecule has 1 spiro atoms. The first-order valence-electron chi connectivity index (χ1n) is 12.9. The van der Waals surface area contributed by atoms with Gasteiger partial charge in [0.05, 0.1) is 29.8 Å². The van der Waals surface area contributed by atoms with Crippen LogP contribution >= 0.6 is 0 Å². The molecule has 0 heterocycles. The number of fused-ring (bicyclic) bond motifs is 2. The summed E-state index contributed by atoms with van der Waals surface area (Å²) in [5.41, 5.74) is -0.661. The number of rotatable bonds is 5. The topological polar surface area (TPSA) is 104 Å². The number of hydrogen-bond donors (Lipinski definition) is 3. The molecule has 0 radical (unpaired) electrons. The first kappa shape index (κ1) is 24.7. The van der Waals surface area contributed by atoms with Gasteiger partial charge in [0, 0.05) is 5.41 Å². The number of benzene rings is 1. The molecule has 4 fully saturated rings. The minimum absolute atomic E-state index is 0.0324. The highest BCUT2D eigenvalue weighted by Crippen LogP contribution is 2.75. The summed E-state index contributed by atoms with van der Waals surface area (Å²) < 4.78 is 31.6. The lowest BCUT2D eigenvalue weighted by Gasteiger charge is -2.66. The summed E-state index contributed by atoms with van der Waals surface area (Å²) in [6.45, 7) is 6.07. The van der Waals surface area contributed by atoms with Crippen molar-refractivity contribution in [3.63, 3.8) is 0 Å². The number of aryl methyl sites for hydroxylation is 1. The molecule has 6 nitrogen and oxygen atoms in total. The third kappa shape index (κ3) is 3.37. The highest BCUT2D eigenvalue weighted by atomic mass is 32.2. The Hall–Kier alpha value is -0.990. The molecule has 4 aliphatic rings. The van der Waals surface area contributed by atoms with E-state index in [-0.39, 0.29) is 40.8 Å². The summed E-state index contributed by atoms with van der Waals surface area (Å²) in [5, 5.41) is 32.2. The monoisotopic (exact) mass is 492 g/mol. The van der Waals surface area contributed by atoms with Gasteiger partial charge in [-0.3, -0.25) is 4.18 Å². The highest BCUT2D eigenvalue weighted by molar-refractivity contribution is 7.86. The maximum Gasteiger partial charge on any atom is 0.296 e. The third-order valence-electron chi connectivity index (χ3n) is 11.0. The van der Waals surface area contributed by atoms with E-state index in [9.17, 15) is 23.7 Å². The molecule has 1 aromatic rings. The number of hydrogen-bond acceptors (Lipinski definition) is 6. The van der Waals surface area contributed by atoms with Crippen LogP contribution < -0.4 is 0 Å². The Labute approximate surface area is 203 Å². The summed E-state index contributed by atoms with van der Waals surface area (Å²) in [7, 11) is -3.92. The van der Waals surface area contributed by atoms with E-state index in [4.69, 9.17) is 4.18 Å². The lowest BCUT2D eigenvalue weighted by molar-refractivity contribution is -0.214. The molecule has 3 N–H and O–H groups in total. The Morgan fingerprint density at radius 2 is 1.74 bits per heavy atom. The van der Waals surface area contributed by atoms with Gasteiger partial charge in [0.15, 0.2) is 0 Å². The van der Waals surface area contributed by atoms with Gasteiger partial charge in [-0.1, -0.05) is 31.5 Å². The van der Waals surface area contributed by atoms with Crippen molar-refractivity contribution < 1.29 is 27.9 Å². The molecule has 190 valence electrons. The van der Waals surface area contributed by atoms with Crippen molar-refractivity contribution in [3.8, 4) is 0 Å². The molecule has 4 aliphatic carbocycles. The van der Waals surface area contributed by atoms with Gasteiger partial charge in [0.2, 0.25) is 0 Å². The number of aliphatic hydroxyl groups is 3. The molecule has 34 heavy (non-hydrogen) atoms. The van der Waals surface area contributed by atoms with Gasteiger partial charge in [-0.2, -0.15) is 8.42 Å². The van der Waals surface area contributed by atoms with Crippen molar-refractivity contribution in [2.75, 3.05) is 13.2 Å². The van der Waals surface area contributed by atoms with Crippen LogP contribution in [-0.2, 0) is 14.3 Å². The molecular weight excluding hydrogens is 452 g/mol. The van der Waals surface area contributed by atoms with Crippen LogP contribution in [0.25, 0.3) is 0 Å². The van der Waals surface area contributed by atoms with Gasteiger partial charge < -0.3 is 15.3 Å². The molecule has 0 aliphatic heterocycles. The average Bonchev–Trinajstić information content (AvgIpc) is 3.16. The van der Waals surface area contributed by atoms with Gasteiger partial charge in [0.1, 0.15) is 0 Å². The van der Waals surface area contributed by atoms with Crippen molar-refractivity contribution in [1.29, 1.82) is 0 Å². The van der Waals surface area contributed by atoms with E-state index >= 15 is 0 Å². The van der Waals surface area contributed by atoms with E-state index in [1.54, 1.807) is 24.3 Å². The summed E-state index contributed by atoms with van der Waals surface area (Å²) >= 11 is 0. The van der Waals surface area contributed by atoms with E-state index in [1.807, 2.05) is 13.8 Å². The maximum absolute atomic E-state index is 13.0. The van der Waals surface area contributed by atoms with Crippen molar-refractivity contribution in [2.24, 2.45) is 34.0 Å². The molecule has 4 saturated carbocycles. The molecule has 0 saturated heterocycles. The Kier molecular flexibility index (Phi) is 5.81. The van der Waals surface area contributed by atoms with Crippen LogP contribution in [-0.4, -0.2) is 48.7 Å². The summed E-state index contributed by atoms with van der Waals surface area (Å²) in [5.74, 6) is 0.756. The lowest BCUT2D eigenvalue weighted by atomic mass is 9.39. The zero-order valence-corrected chi connectivity index (χ0v) is 21.5. The average molecular weight is 493 g/mol. The van der Waals surface area contributed by atoms with E-state index in [0.29, 0.717) is 18.8 Å². The van der Waals surface area contributed by atoms with Crippen LogP contribution in [0.1, 0.15) is 70.8 Å². The lowest BCUT2D eigenvalue weighted by Crippen LogP contribution is -2.63. The van der Waals surface area contributed by atoms with Crippen LogP contribution in [0.2, 0.25) is 0 Å². The minimum atomic E-state index is -3.92. The first-order valence-corrected chi connectivity index (χ1v) is 14.3. The molecule has 1 aromatic carbocycles. The van der Waals surface area contributed by atoms with Gasteiger partial charge in [0.25, 0.3) is 10.1 Å². The largest absolute Gasteiger partial charge is 0.393 e.